The average Bonchev–Trinajstić information content (AvgIpc) is 2.55. The van der Waals surface area contributed by atoms with E-state index in [0.717, 1.165) is 4.52 Å². The molecule has 0 N–H and O–H groups in total. The van der Waals surface area contributed by atoms with Crippen LogP contribution < -0.4 is 11.1 Å². The molecule has 2 aromatic rings. The van der Waals surface area contributed by atoms with Crippen LogP contribution in [0.4, 0.5) is 0 Å². The highest BCUT2D eigenvalue weighted by molar-refractivity contribution is 5.27. The summed E-state index contributed by atoms with van der Waals surface area (Å²) in [5, 5.41) is 0. The smallest absolute Gasteiger partial charge is 0.267 e. The van der Waals surface area contributed by atoms with E-state index in [0.29, 0.717) is 0 Å². The fourth-order valence-electron chi connectivity index (χ4n) is 1.10. The third-order valence-electron chi connectivity index (χ3n) is 1.65. The van der Waals surface area contributed by atoms with Crippen LogP contribution in [0.2, 0.25) is 0 Å². The van der Waals surface area contributed by atoms with Crippen molar-refractivity contribution in [2.75, 3.05) is 0 Å². The molecule has 0 spiro atoms. The van der Waals surface area contributed by atoms with Crippen molar-refractivity contribution in [3.63, 3.8) is 0 Å². The van der Waals surface area contributed by atoms with Gasteiger partial charge >= 0.3 is 0 Å². The van der Waals surface area contributed by atoms with Crippen LogP contribution in [0.15, 0.2) is 28.0 Å². The maximum Gasteiger partial charge on any atom is 0.290 e. The summed E-state index contributed by atoms with van der Waals surface area (Å²) in [6.45, 7) is 0. The molecule has 0 saturated carbocycles. The Balaban J connectivity index is 3.13. The van der Waals surface area contributed by atoms with E-state index >= 15 is 0 Å². The summed E-state index contributed by atoms with van der Waals surface area (Å²) >= 11 is 0. The normalized spacial score (nSPS) is 10.2. The van der Waals surface area contributed by atoms with Gasteiger partial charge in [0, 0.05) is 18.5 Å². The molecule has 0 atom stereocenters. The van der Waals surface area contributed by atoms with Gasteiger partial charge in [-0.2, -0.15) is 4.52 Å². The first kappa shape index (κ1) is 6.68. The highest BCUT2D eigenvalue weighted by Crippen LogP contribution is 1.88. The highest BCUT2D eigenvalue weighted by Gasteiger charge is 2.06. The summed E-state index contributed by atoms with van der Waals surface area (Å²) in [4.78, 5) is 22.2. The molecule has 0 fully saturated rings. The number of terminal acetylenes is 1. The van der Waals surface area contributed by atoms with E-state index in [-0.39, 0.29) is 11.1 Å². The van der Waals surface area contributed by atoms with Gasteiger partial charge in [0.15, 0.2) is 0 Å². The predicted molar refractivity (Wildman–Crippen MR) is 42.5 cm³/mol. The SMILES string of the molecule is C#Cc1cn2ccc(=O)n2c1=O. The molecule has 0 aromatic carbocycles. The van der Waals surface area contributed by atoms with E-state index in [9.17, 15) is 9.59 Å². The minimum Gasteiger partial charge on any atom is -0.267 e. The average molecular weight is 160 g/mol. The molecule has 0 aliphatic carbocycles. The number of rotatable bonds is 0. The summed E-state index contributed by atoms with van der Waals surface area (Å²) in [6.07, 6.45) is 7.98. The van der Waals surface area contributed by atoms with Crippen molar-refractivity contribution >= 4 is 0 Å². The topological polar surface area (TPSA) is 43.0 Å². The molecule has 4 nitrogen and oxygen atoms in total. The van der Waals surface area contributed by atoms with Crippen molar-refractivity contribution in [1.29, 1.82) is 0 Å². The molecule has 0 saturated heterocycles. The molecule has 2 aromatic heterocycles. The summed E-state index contributed by atoms with van der Waals surface area (Å²) in [5.74, 6) is 2.20. The fourth-order valence-corrected chi connectivity index (χ4v) is 1.10. The van der Waals surface area contributed by atoms with Gasteiger partial charge in [-0.05, 0) is 0 Å². The van der Waals surface area contributed by atoms with Crippen molar-refractivity contribution in [2.24, 2.45) is 0 Å². The van der Waals surface area contributed by atoms with Crippen molar-refractivity contribution in [3.05, 3.63) is 44.7 Å². The number of aromatic nitrogens is 2. The Hall–Kier alpha value is -2.02. The number of hydrogen-bond donors (Lipinski definition) is 0. The summed E-state index contributed by atoms with van der Waals surface area (Å²) < 4.78 is 2.36. The lowest BCUT2D eigenvalue weighted by Gasteiger charge is -1.78. The molecular formula is C8H4N2O2. The standard InChI is InChI=1S/C8H4N2O2/c1-2-6-5-9-4-3-7(11)10(9)8(6)12/h1,3-5H. The second-order valence-electron chi connectivity index (χ2n) is 2.34. The Morgan fingerprint density at radius 2 is 2.17 bits per heavy atom. The van der Waals surface area contributed by atoms with Crippen LogP contribution in [0.5, 0.6) is 0 Å². The molecule has 2 heterocycles. The quantitative estimate of drug-likeness (QED) is 0.472. The van der Waals surface area contributed by atoms with Crippen LogP contribution in [0, 0.1) is 12.3 Å². The zero-order chi connectivity index (χ0) is 8.72. The second kappa shape index (κ2) is 1.98. The molecule has 0 aliphatic heterocycles. The van der Waals surface area contributed by atoms with Crippen LogP contribution in [-0.4, -0.2) is 9.03 Å². The molecular weight excluding hydrogens is 156 g/mol. The van der Waals surface area contributed by atoms with Crippen LogP contribution >= 0.6 is 0 Å². The molecule has 0 aliphatic rings. The lowest BCUT2D eigenvalue weighted by molar-refractivity contribution is 0.805. The van der Waals surface area contributed by atoms with Crippen LogP contribution in [0.3, 0.4) is 0 Å². The van der Waals surface area contributed by atoms with Crippen LogP contribution in [0.1, 0.15) is 5.56 Å². The Morgan fingerprint density at radius 1 is 1.42 bits per heavy atom. The van der Waals surface area contributed by atoms with Gasteiger partial charge < -0.3 is 0 Å². The Morgan fingerprint density at radius 3 is 2.75 bits per heavy atom. The molecule has 58 valence electrons. The molecule has 2 rings (SSSR count). The summed E-state index contributed by atoms with van der Waals surface area (Å²) in [5.41, 5.74) is -0.596. The third-order valence-corrected chi connectivity index (χ3v) is 1.65. The molecule has 12 heavy (non-hydrogen) atoms. The van der Waals surface area contributed by atoms with Gasteiger partial charge in [0.05, 0.1) is 0 Å². The minimum atomic E-state index is -0.437. The molecule has 0 amide bonds. The largest absolute Gasteiger partial charge is 0.290 e. The van der Waals surface area contributed by atoms with Gasteiger partial charge in [0.25, 0.3) is 11.1 Å². The first-order valence-electron chi connectivity index (χ1n) is 3.27. The number of fused-ring (bicyclic) bond motifs is 1. The Bertz CT molecular complexity index is 570. The van der Waals surface area contributed by atoms with E-state index in [2.05, 4.69) is 5.92 Å². The van der Waals surface area contributed by atoms with Crippen molar-refractivity contribution in [2.45, 2.75) is 0 Å². The zero-order valence-electron chi connectivity index (χ0n) is 6.02. The first-order valence-corrected chi connectivity index (χ1v) is 3.27. The fraction of sp³-hybridized carbons (Fsp3) is 0. The minimum absolute atomic E-state index is 0.202. The summed E-state index contributed by atoms with van der Waals surface area (Å²) in [7, 11) is 0. The lowest BCUT2D eigenvalue weighted by atomic mass is 10.4. The number of hydrogen-bond acceptors (Lipinski definition) is 2. The molecule has 4 heteroatoms. The zero-order valence-corrected chi connectivity index (χ0v) is 6.02. The molecule has 0 unspecified atom stereocenters. The predicted octanol–water partition coefficient (Wildman–Crippen LogP) is -0.822. The van der Waals surface area contributed by atoms with Crippen LogP contribution in [-0.2, 0) is 0 Å². The maximum atomic E-state index is 11.2. The second-order valence-corrected chi connectivity index (χ2v) is 2.34. The number of nitrogens with zero attached hydrogens (tertiary/aromatic N) is 2. The van der Waals surface area contributed by atoms with E-state index < -0.39 is 5.56 Å². The van der Waals surface area contributed by atoms with Gasteiger partial charge in [-0.3, -0.25) is 14.1 Å². The third kappa shape index (κ3) is 0.623. The Kier molecular flexibility index (Phi) is 1.10. The van der Waals surface area contributed by atoms with Gasteiger partial charge in [0.2, 0.25) is 0 Å². The van der Waals surface area contributed by atoms with E-state index in [1.165, 1.54) is 23.0 Å². The molecule has 0 bridgehead atoms. The molecule has 0 radical (unpaired) electrons. The first-order chi connectivity index (χ1) is 5.74. The lowest BCUT2D eigenvalue weighted by Crippen LogP contribution is -2.22. The maximum absolute atomic E-state index is 11.2. The van der Waals surface area contributed by atoms with Crippen molar-refractivity contribution in [3.8, 4) is 12.3 Å². The Labute approximate surface area is 67.0 Å². The van der Waals surface area contributed by atoms with Crippen LogP contribution in [0.25, 0.3) is 0 Å². The monoisotopic (exact) mass is 160 g/mol. The van der Waals surface area contributed by atoms with Gasteiger partial charge in [-0.15, -0.1) is 6.42 Å². The van der Waals surface area contributed by atoms with Gasteiger partial charge in [0.1, 0.15) is 5.56 Å². The van der Waals surface area contributed by atoms with Crippen molar-refractivity contribution in [1.82, 2.24) is 9.03 Å². The summed E-state index contributed by atoms with van der Waals surface area (Å²) in [6, 6.07) is 1.31. The van der Waals surface area contributed by atoms with E-state index in [1.807, 2.05) is 0 Å². The van der Waals surface area contributed by atoms with Gasteiger partial charge in [-0.1, -0.05) is 5.92 Å². The van der Waals surface area contributed by atoms with E-state index in [1.54, 1.807) is 0 Å². The van der Waals surface area contributed by atoms with Crippen molar-refractivity contribution < 1.29 is 0 Å². The van der Waals surface area contributed by atoms with E-state index in [4.69, 9.17) is 6.42 Å². The highest BCUT2D eigenvalue weighted by atomic mass is 16.2. The van der Waals surface area contributed by atoms with Gasteiger partial charge in [-0.25, -0.2) is 0 Å².